The number of benzene rings is 1. The van der Waals surface area contributed by atoms with Crippen LogP contribution in [0.3, 0.4) is 0 Å². The maximum Gasteiger partial charge on any atom is 0.102 e. The van der Waals surface area contributed by atoms with Crippen LogP contribution in [0.2, 0.25) is 0 Å². The van der Waals surface area contributed by atoms with Gasteiger partial charge >= 0.3 is 0 Å². The molecule has 1 aromatic carbocycles. The molecule has 1 N–H and O–H groups in total. The van der Waals surface area contributed by atoms with Gasteiger partial charge in [-0.1, -0.05) is 24.3 Å². The molecule has 0 heterocycles. The van der Waals surface area contributed by atoms with Gasteiger partial charge in [0.25, 0.3) is 0 Å². The predicted octanol–water partition coefficient (Wildman–Crippen LogP) is 1.89. The monoisotopic (exact) mass is 179 g/mol. The van der Waals surface area contributed by atoms with Gasteiger partial charge in [0.15, 0.2) is 0 Å². The average molecular weight is 179 g/mol. The molecule has 1 nitrogen and oxygen atoms in total. The molecule has 0 fully saturated rings. The molecule has 0 spiro atoms. The first-order chi connectivity index (χ1) is 6.42. The Morgan fingerprint density at radius 1 is 1.38 bits per heavy atom. The minimum absolute atomic E-state index is 0.269. The normalized spacial score (nSPS) is 19.3. The van der Waals surface area contributed by atoms with Crippen LogP contribution in [0.1, 0.15) is 17.0 Å². The van der Waals surface area contributed by atoms with Gasteiger partial charge in [0.05, 0.1) is 0 Å². The van der Waals surface area contributed by atoms with Crippen molar-refractivity contribution in [2.45, 2.75) is 12.3 Å². The zero-order chi connectivity index (χ0) is 9.10. The number of hydrogen-bond donors (Lipinski definition) is 1. The van der Waals surface area contributed by atoms with Crippen molar-refractivity contribution in [3.8, 4) is 0 Å². The Bertz CT molecular complexity index is 285. The molecule has 70 valence electrons. The molecule has 0 radical (unpaired) electrons. The van der Waals surface area contributed by atoms with Gasteiger partial charge in [-0.05, 0) is 17.5 Å². The van der Waals surface area contributed by atoms with E-state index < -0.39 is 0 Å². The number of alkyl halides is 1. The number of hydrogen-bond acceptors (Lipinski definition) is 1. The van der Waals surface area contributed by atoms with E-state index in [2.05, 4.69) is 29.6 Å². The van der Waals surface area contributed by atoms with Crippen molar-refractivity contribution in [1.29, 1.82) is 0 Å². The standard InChI is InChI=1S/C11H14FN/c12-5-6-13-8-10-7-9-3-1-2-4-11(9)10/h1-4,10,13H,5-8H2. The lowest BCUT2D eigenvalue weighted by atomic mass is 9.78. The summed E-state index contributed by atoms with van der Waals surface area (Å²) in [6.45, 7) is 1.13. The third-order valence-corrected chi connectivity index (χ3v) is 2.62. The molecule has 1 aliphatic carbocycles. The first kappa shape index (κ1) is 8.70. The van der Waals surface area contributed by atoms with E-state index in [1.807, 2.05) is 0 Å². The van der Waals surface area contributed by atoms with E-state index in [1.54, 1.807) is 0 Å². The second-order valence-electron chi connectivity index (χ2n) is 3.49. The molecule has 2 rings (SSSR count). The highest BCUT2D eigenvalue weighted by Crippen LogP contribution is 2.33. The second kappa shape index (κ2) is 3.88. The molecule has 2 heteroatoms. The first-order valence-corrected chi connectivity index (χ1v) is 4.76. The molecule has 0 saturated heterocycles. The summed E-state index contributed by atoms with van der Waals surface area (Å²) in [6.07, 6.45) is 1.15. The van der Waals surface area contributed by atoms with Gasteiger partial charge in [0.1, 0.15) is 6.67 Å². The molecule has 13 heavy (non-hydrogen) atoms. The van der Waals surface area contributed by atoms with Crippen LogP contribution in [0, 0.1) is 0 Å². The Morgan fingerprint density at radius 2 is 2.23 bits per heavy atom. The Balaban J connectivity index is 1.87. The summed E-state index contributed by atoms with van der Waals surface area (Å²) >= 11 is 0. The van der Waals surface area contributed by atoms with E-state index in [4.69, 9.17) is 0 Å². The maximum absolute atomic E-state index is 11.8. The number of rotatable bonds is 4. The summed E-state index contributed by atoms with van der Waals surface area (Å²) in [5, 5.41) is 3.10. The van der Waals surface area contributed by atoms with Crippen molar-refractivity contribution in [1.82, 2.24) is 5.32 Å². The van der Waals surface area contributed by atoms with Crippen LogP contribution < -0.4 is 5.32 Å². The molecule has 0 saturated carbocycles. The smallest absolute Gasteiger partial charge is 0.102 e. The van der Waals surface area contributed by atoms with Crippen molar-refractivity contribution >= 4 is 0 Å². The fraction of sp³-hybridized carbons (Fsp3) is 0.455. The molecule has 0 aliphatic heterocycles. The average Bonchev–Trinajstić information content (AvgIpc) is 2.13. The van der Waals surface area contributed by atoms with E-state index in [0.29, 0.717) is 12.5 Å². The molecular formula is C11H14FN. The highest BCUT2D eigenvalue weighted by atomic mass is 19.1. The van der Waals surface area contributed by atoms with Gasteiger partial charge in [-0.2, -0.15) is 0 Å². The van der Waals surface area contributed by atoms with E-state index in [-0.39, 0.29) is 6.67 Å². The van der Waals surface area contributed by atoms with E-state index >= 15 is 0 Å². The van der Waals surface area contributed by atoms with Crippen LogP contribution in [-0.4, -0.2) is 19.8 Å². The Labute approximate surface area is 78.0 Å². The predicted molar refractivity (Wildman–Crippen MR) is 51.7 cm³/mol. The van der Waals surface area contributed by atoms with Crippen molar-refractivity contribution in [3.63, 3.8) is 0 Å². The van der Waals surface area contributed by atoms with E-state index in [0.717, 1.165) is 13.0 Å². The second-order valence-corrected chi connectivity index (χ2v) is 3.49. The van der Waals surface area contributed by atoms with E-state index in [9.17, 15) is 4.39 Å². The molecule has 0 bridgehead atoms. The Kier molecular flexibility index (Phi) is 2.60. The fourth-order valence-electron chi connectivity index (χ4n) is 1.89. The van der Waals surface area contributed by atoms with Crippen molar-refractivity contribution in [3.05, 3.63) is 35.4 Å². The highest BCUT2D eigenvalue weighted by Gasteiger charge is 2.24. The quantitative estimate of drug-likeness (QED) is 0.696. The minimum Gasteiger partial charge on any atom is -0.314 e. The van der Waals surface area contributed by atoms with Crippen molar-refractivity contribution in [2.75, 3.05) is 19.8 Å². The SMILES string of the molecule is FCCNCC1Cc2ccccc21. The van der Waals surface area contributed by atoms with Crippen molar-refractivity contribution in [2.24, 2.45) is 0 Å². The van der Waals surface area contributed by atoms with E-state index in [1.165, 1.54) is 11.1 Å². The third-order valence-electron chi connectivity index (χ3n) is 2.62. The van der Waals surface area contributed by atoms with Gasteiger partial charge in [-0.25, -0.2) is 4.39 Å². The summed E-state index contributed by atoms with van der Waals surface area (Å²) in [4.78, 5) is 0. The number of nitrogens with one attached hydrogen (secondary N) is 1. The summed E-state index contributed by atoms with van der Waals surface area (Å²) in [5.41, 5.74) is 2.89. The molecule has 1 aromatic rings. The van der Waals surface area contributed by atoms with Gasteiger partial charge in [0, 0.05) is 19.0 Å². The Hall–Kier alpha value is -0.890. The maximum atomic E-state index is 11.8. The summed E-state index contributed by atoms with van der Waals surface area (Å²) < 4.78 is 11.8. The van der Waals surface area contributed by atoms with Crippen LogP contribution in [-0.2, 0) is 6.42 Å². The molecule has 1 unspecified atom stereocenters. The number of fused-ring (bicyclic) bond motifs is 1. The topological polar surface area (TPSA) is 12.0 Å². The zero-order valence-corrected chi connectivity index (χ0v) is 7.59. The van der Waals surface area contributed by atoms with Crippen LogP contribution in [0.15, 0.2) is 24.3 Å². The molecular weight excluding hydrogens is 165 g/mol. The lowest BCUT2D eigenvalue weighted by Gasteiger charge is -2.30. The number of halogens is 1. The fourth-order valence-corrected chi connectivity index (χ4v) is 1.89. The Morgan fingerprint density at radius 3 is 3.00 bits per heavy atom. The highest BCUT2D eigenvalue weighted by molar-refractivity contribution is 5.40. The van der Waals surface area contributed by atoms with Gasteiger partial charge in [0.2, 0.25) is 0 Å². The molecule has 0 aromatic heterocycles. The molecule has 1 atom stereocenters. The summed E-state index contributed by atoms with van der Waals surface area (Å²) in [6, 6.07) is 8.48. The largest absolute Gasteiger partial charge is 0.314 e. The van der Waals surface area contributed by atoms with Gasteiger partial charge in [-0.3, -0.25) is 0 Å². The van der Waals surface area contributed by atoms with Gasteiger partial charge < -0.3 is 5.32 Å². The molecule has 1 aliphatic rings. The van der Waals surface area contributed by atoms with Crippen LogP contribution in [0.25, 0.3) is 0 Å². The lowest BCUT2D eigenvalue weighted by Crippen LogP contribution is -2.30. The van der Waals surface area contributed by atoms with Crippen molar-refractivity contribution < 1.29 is 4.39 Å². The third kappa shape index (κ3) is 1.73. The van der Waals surface area contributed by atoms with Crippen LogP contribution in [0.5, 0.6) is 0 Å². The summed E-state index contributed by atoms with van der Waals surface area (Å²) in [7, 11) is 0. The van der Waals surface area contributed by atoms with Gasteiger partial charge in [-0.15, -0.1) is 0 Å². The van der Waals surface area contributed by atoms with Crippen LogP contribution in [0.4, 0.5) is 4.39 Å². The molecule has 0 amide bonds. The summed E-state index contributed by atoms with van der Waals surface area (Å²) in [5.74, 6) is 0.614. The van der Waals surface area contributed by atoms with Crippen LogP contribution >= 0.6 is 0 Å². The minimum atomic E-state index is -0.269. The first-order valence-electron chi connectivity index (χ1n) is 4.76. The zero-order valence-electron chi connectivity index (χ0n) is 7.59. The lowest BCUT2D eigenvalue weighted by molar-refractivity contribution is 0.448.